The fourth-order valence-corrected chi connectivity index (χ4v) is 1.53. The van der Waals surface area contributed by atoms with Crippen LogP contribution < -0.4 is 10.6 Å². The lowest BCUT2D eigenvalue weighted by atomic mass is 10.0. The Hall–Kier alpha value is -0.590. The van der Waals surface area contributed by atoms with Gasteiger partial charge in [-0.05, 0) is 32.9 Å². The van der Waals surface area contributed by atoms with Crippen molar-refractivity contribution in [3.8, 4) is 6.07 Å². The Morgan fingerprint density at radius 2 is 2.50 bits per heavy atom. The molecule has 12 heavy (non-hydrogen) atoms. The minimum absolute atomic E-state index is 0.273. The predicted octanol–water partition coefficient (Wildman–Crippen LogP) is 0.632. The van der Waals surface area contributed by atoms with Crippen LogP contribution >= 0.6 is 0 Å². The highest BCUT2D eigenvalue weighted by molar-refractivity contribution is 4.91. The van der Waals surface area contributed by atoms with Crippen LogP contribution in [0.3, 0.4) is 0 Å². The molecular formula is C9H17N3. The van der Waals surface area contributed by atoms with Gasteiger partial charge in [-0.2, -0.15) is 5.26 Å². The van der Waals surface area contributed by atoms with E-state index in [0.717, 1.165) is 26.1 Å². The van der Waals surface area contributed by atoms with Crippen LogP contribution in [0.4, 0.5) is 0 Å². The highest BCUT2D eigenvalue weighted by Crippen LogP contribution is 2.12. The maximum atomic E-state index is 8.33. The summed E-state index contributed by atoms with van der Waals surface area (Å²) in [6, 6.07) is 2.15. The molecule has 0 aromatic heterocycles. The van der Waals surface area contributed by atoms with Gasteiger partial charge in [0.1, 0.15) is 0 Å². The Bertz CT molecular complexity index is 165. The molecule has 1 atom stereocenters. The third kappa shape index (κ3) is 2.80. The summed E-state index contributed by atoms with van der Waals surface area (Å²) in [7, 11) is 0. The largest absolute Gasteiger partial charge is 0.315 e. The minimum Gasteiger partial charge on any atom is -0.315 e. The van der Waals surface area contributed by atoms with E-state index in [1.165, 1.54) is 6.42 Å². The average molecular weight is 167 g/mol. The molecule has 2 N–H and O–H groups in total. The van der Waals surface area contributed by atoms with Crippen molar-refractivity contribution in [1.82, 2.24) is 10.6 Å². The lowest BCUT2D eigenvalue weighted by molar-refractivity contribution is 0.386. The number of nitrogens with zero attached hydrogens (tertiary/aromatic N) is 1. The zero-order valence-electron chi connectivity index (χ0n) is 7.69. The van der Waals surface area contributed by atoms with E-state index in [0.29, 0.717) is 6.42 Å². The molecule has 0 amide bonds. The smallest absolute Gasteiger partial charge is 0.0622 e. The second kappa shape index (κ2) is 4.44. The number of nitrogens with one attached hydrogen (secondary N) is 2. The molecular weight excluding hydrogens is 150 g/mol. The van der Waals surface area contributed by atoms with Crippen LogP contribution in [0.2, 0.25) is 0 Å². The first kappa shape index (κ1) is 9.50. The second-order valence-electron chi connectivity index (χ2n) is 3.68. The van der Waals surface area contributed by atoms with Crippen molar-refractivity contribution in [1.29, 1.82) is 5.26 Å². The third-order valence-corrected chi connectivity index (χ3v) is 2.39. The Balaban J connectivity index is 2.09. The van der Waals surface area contributed by atoms with Gasteiger partial charge in [0.2, 0.25) is 0 Å². The molecule has 1 rings (SSSR count). The quantitative estimate of drug-likeness (QED) is 0.604. The maximum absolute atomic E-state index is 8.33. The van der Waals surface area contributed by atoms with E-state index in [1.807, 2.05) is 0 Å². The van der Waals surface area contributed by atoms with Gasteiger partial charge in [0, 0.05) is 18.5 Å². The number of unbranched alkanes of at least 4 members (excludes halogenated alkanes) is 1. The van der Waals surface area contributed by atoms with Crippen LogP contribution in [-0.4, -0.2) is 25.2 Å². The second-order valence-corrected chi connectivity index (χ2v) is 3.68. The van der Waals surface area contributed by atoms with Crippen molar-refractivity contribution < 1.29 is 0 Å². The molecule has 3 heteroatoms. The SMILES string of the molecule is CC1(NCCCC#N)CCNC1. The molecule has 1 fully saturated rings. The lowest BCUT2D eigenvalue weighted by Crippen LogP contribution is -2.44. The summed E-state index contributed by atoms with van der Waals surface area (Å²) in [6.07, 6.45) is 2.82. The minimum atomic E-state index is 0.273. The number of hydrogen-bond acceptors (Lipinski definition) is 3. The third-order valence-electron chi connectivity index (χ3n) is 2.39. The monoisotopic (exact) mass is 167 g/mol. The van der Waals surface area contributed by atoms with Gasteiger partial charge in [-0.3, -0.25) is 0 Å². The maximum Gasteiger partial charge on any atom is 0.0622 e. The molecule has 0 bridgehead atoms. The summed E-state index contributed by atoms with van der Waals surface area (Å²) in [4.78, 5) is 0. The van der Waals surface area contributed by atoms with Crippen LogP contribution in [0.1, 0.15) is 26.2 Å². The summed E-state index contributed by atoms with van der Waals surface area (Å²) in [6.45, 7) is 5.37. The molecule has 3 nitrogen and oxygen atoms in total. The molecule has 0 radical (unpaired) electrons. The summed E-state index contributed by atoms with van der Waals surface area (Å²) < 4.78 is 0. The standard InChI is InChI=1S/C9H17N3/c1-9(4-7-11-8-9)12-6-3-2-5-10/h11-12H,2-4,6-8H2,1H3. The summed E-state index contributed by atoms with van der Waals surface area (Å²) in [5.74, 6) is 0. The van der Waals surface area contributed by atoms with E-state index in [-0.39, 0.29) is 5.54 Å². The van der Waals surface area contributed by atoms with Gasteiger partial charge >= 0.3 is 0 Å². The Morgan fingerprint density at radius 1 is 1.67 bits per heavy atom. The van der Waals surface area contributed by atoms with Gasteiger partial charge in [0.05, 0.1) is 6.07 Å². The summed E-state index contributed by atoms with van der Waals surface area (Å²) in [5.41, 5.74) is 0.273. The molecule has 0 saturated carbocycles. The van der Waals surface area contributed by atoms with Crippen LogP contribution in [0.5, 0.6) is 0 Å². The van der Waals surface area contributed by atoms with Crippen molar-refractivity contribution in [3.05, 3.63) is 0 Å². The molecule has 0 spiro atoms. The fraction of sp³-hybridized carbons (Fsp3) is 0.889. The van der Waals surface area contributed by atoms with Crippen LogP contribution in [0.15, 0.2) is 0 Å². The molecule has 1 unspecified atom stereocenters. The van der Waals surface area contributed by atoms with Gasteiger partial charge in [-0.25, -0.2) is 0 Å². The van der Waals surface area contributed by atoms with Crippen molar-refractivity contribution in [2.24, 2.45) is 0 Å². The molecule has 68 valence electrons. The van der Waals surface area contributed by atoms with Gasteiger partial charge in [-0.15, -0.1) is 0 Å². The highest BCUT2D eigenvalue weighted by atomic mass is 15.1. The summed E-state index contributed by atoms with van der Waals surface area (Å²) in [5, 5.41) is 15.1. The highest BCUT2D eigenvalue weighted by Gasteiger charge is 2.26. The predicted molar refractivity (Wildman–Crippen MR) is 48.7 cm³/mol. The Labute approximate surface area is 74.1 Å². The molecule has 0 aliphatic carbocycles. The first-order valence-corrected chi connectivity index (χ1v) is 4.59. The topological polar surface area (TPSA) is 47.9 Å². The van der Waals surface area contributed by atoms with Crippen molar-refractivity contribution in [2.45, 2.75) is 31.7 Å². The van der Waals surface area contributed by atoms with E-state index < -0.39 is 0 Å². The molecule has 0 aromatic rings. The molecule has 1 saturated heterocycles. The van der Waals surface area contributed by atoms with Crippen LogP contribution in [0.25, 0.3) is 0 Å². The van der Waals surface area contributed by atoms with E-state index in [2.05, 4.69) is 23.6 Å². The van der Waals surface area contributed by atoms with Gasteiger partial charge in [0.15, 0.2) is 0 Å². The Morgan fingerprint density at radius 3 is 3.08 bits per heavy atom. The van der Waals surface area contributed by atoms with Gasteiger partial charge in [0.25, 0.3) is 0 Å². The van der Waals surface area contributed by atoms with Crippen LogP contribution in [0, 0.1) is 11.3 Å². The zero-order chi connectivity index (χ0) is 8.86. The van der Waals surface area contributed by atoms with E-state index in [1.54, 1.807) is 0 Å². The number of rotatable bonds is 4. The van der Waals surface area contributed by atoms with E-state index >= 15 is 0 Å². The van der Waals surface area contributed by atoms with E-state index in [9.17, 15) is 0 Å². The molecule has 1 aliphatic heterocycles. The normalized spacial score (nSPS) is 28.7. The van der Waals surface area contributed by atoms with Crippen molar-refractivity contribution in [2.75, 3.05) is 19.6 Å². The Kier molecular flexibility index (Phi) is 3.51. The first-order valence-electron chi connectivity index (χ1n) is 4.59. The number of nitriles is 1. The summed E-state index contributed by atoms with van der Waals surface area (Å²) >= 11 is 0. The van der Waals surface area contributed by atoms with Crippen molar-refractivity contribution >= 4 is 0 Å². The van der Waals surface area contributed by atoms with Crippen LogP contribution in [-0.2, 0) is 0 Å². The zero-order valence-corrected chi connectivity index (χ0v) is 7.69. The van der Waals surface area contributed by atoms with Gasteiger partial charge in [-0.1, -0.05) is 0 Å². The van der Waals surface area contributed by atoms with E-state index in [4.69, 9.17) is 5.26 Å². The molecule has 0 aromatic carbocycles. The average Bonchev–Trinajstić information content (AvgIpc) is 2.47. The molecule has 1 aliphatic rings. The lowest BCUT2D eigenvalue weighted by Gasteiger charge is -2.24. The first-order chi connectivity index (χ1) is 5.77. The fourth-order valence-electron chi connectivity index (χ4n) is 1.53. The molecule has 1 heterocycles. The number of hydrogen-bond donors (Lipinski definition) is 2. The van der Waals surface area contributed by atoms with Crippen molar-refractivity contribution in [3.63, 3.8) is 0 Å². The van der Waals surface area contributed by atoms with Gasteiger partial charge < -0.3 is 10.6 Å².